The Labute approximate surface area is 139 Å². The normalized spacial score (nSPS) is 21.0. The Morgan fingerprint density at radius 3 is 2.83 bits per heavy atom. The minimum atomic E-state index is -0.601. The van der Waals surface area contributed by atoms with Gasteiger partial charge in [0, 0.05) is 49.5 Å². The molecule has 0 bridgehead atoms. The maximum absolute atomic E-state index is 12.3. The van der Waals surface area contributed by atoms with Crippen LogP contribution in [0.25, 0.3) is 0 Å². The van der Waals surface area contributed by atoms with Gasteiger partial charge in [0.1, 0.15) is 6.61 Å². The Hall–Kier alpha value is -1.83. The third-order valence-corrected chi connectivity index (χ3v) is 5.53. The van der Waals surface area contributed by atoms with Crippen LogP contribution < -0.4 is 5.32 Å². The summed E-state index contributed by atoms with van der Waals surface area (Å²) in [6, 6.07) is -0.0785. The summed E-state index contributed by atoms with van der Waals surface area (Å²) < 4.78 is 10.1. The van der Waals surface area contributed by atoms with Gasteiger partial charge in [0.05, 0.1) is 5.01 Å². The average molecular weight is 339 g/mol. The molecule has 2 aliphatic heterocycles. The highest BCUT2D eigenvalue weighted by Crippen LogP contribution is 2.31. The largest absolute Gasteiger partial charge is 0.509 e. The number of likely N-dealkylation sites (tertiary alicyclic amines) is 1. The molecule has 0 aromatic carbocycles. The van der Waals surface area contributed by atoms with E-state index in [-0.39, 0.29) is 11.9 Å². The first kappa shape index (κ1) is 16.0. The molecule has 8 heteroatoms. The quantitative estimate of drug-likeness (QED) is 0.855. The number of ether oxygens (including phenoxy) is 2. The van der Waals surface area contributed by atoms with E-state index in [2.05, 4.69) is 17.2 Å². The number of aryl methyl sites for hydroxylation is 1. The maximum atomic E-state index is 12.3. The summed E-state index contributed by atoms with van der Waals surface area (Å²) >= 11 is 1.62. The lowest BCUT2D eigenvalue weighted by Gasteiger charge is -2.36. The van der Waals surface area contributed by atoms with E-state index in [0.717, 1.165) is 10.7 Å². The van der Waals surface area contributed by atoms with Crippen molar-refractivity contribution >= 4 is 23.5 Å². The van der Waals surface area contributed by atoms with Crippen LogP contribution in [0, 0.1) is 6.92 Å². The van der Waals surface area contributed by atoms with E-state index in [1.165, 1.54) is 0 Å². The van der Waals surface area contributed by atoms with Gasteiger partial charge in [-0.05, 0) is 6.92 Å². The van der Waals surface area contributed by atoms with Crippen LogP contribution in [-0.4, -0.2) is 53.9 Å². The molecule has 2 amide bonds. The smallest absolute Gasteiger partial charge is 0.430 e. The molecule has 1 aromatic rings. The Morgan fingerprint density at radius 1 is 1.52 bits per heavy atom. The first-order chi connectivity index (χ1) is 11.0. The molecule has 0 aliphatic carbocycles. The molecule has 2 fully saturated rings. The molecule has 126 valence electrons. The number of carbonyl (C=O) groups is 2. The molecule has 1 aromatic heterocycles. The van der Waals surface area contributed by atoms with Crippen LogP contribution in [0.15, 0.2) is 5.38 Å². The van der Waals surface area contributed by atoms with E-state index >= 15 is 0 Å². The van der Waals surface area contributed by atoms with Gasteiger partial charge in [-0.1, -0.05) is 6.92 Å². The minimum absolute atomic E-state index is 0.0785. The van der Waals surface area contributed by atoms with Crippen LogP contribution in [0.5, 0.6) is 0 Å². The fourth-order valence-corrected chi connectivity index (χ4v) is 3.68. The number of nitrogens with one attached hydrogen (secondary N) is 1. The molecule has 1 atom stereocenters. The fraction of sp³-hybridized carbons (Fsp3) is 0.667. The van der Waals surface area contributed by atoms with Gasteiger partial charge in [-0.15, -0.1) is 11.3 Å². The molecular weight excluding hydrogens is 318 g/mol. The van der Waals surface area contributed by atoms with E-state index < -0.39 is 11.8 Å². The van der Waals surface area contributed by atoms with Gasteiger partial charge in [0.25, 0.3) is 0 Å². The van der Waals surface area contributed by atoms with Crippen LogP contribution >= 0.6 is 11.3 Å². The van der Waals surface area contributed by atoms with Crippen molar-refractivity contribution in [3.05, 3.63) is 16.1 Å². The molecule has 7 nitrogen and oxygen atoms in total. The van der Waals surface area contributed by atoms with E-state index in [4.69, 9.17) is 9.47 Å². The number of carbonyl (C=O) groups excluding carboxylic acids is 2. The Kier molecular flexibility index (Phi) is 4.43. The number of thiazole rings is 1. The predicted octanol–water partition coefficient (Wildman–Crippen LogP) is 2.27. The summed E-state index contributed by atoms with van der Waals surface area (Å²) in [6.45, 7) is 6.00. The third-order valence-electron chi connectivity index (χ3n) is 4.33. The van der Waals surface area contributed by atoms with Gasteiger partial charge >= 0.3 is 12.2 Å². The second kappa shape index (κ2) is 6.35. The average Bonchev–Trinajstić information content (AvgIpc) is 3.12. The van der Waals surface area contributed by atoms with Crippen molar-refractivity contribution in [2.24, 2.45) is 0 Å². The highest BCUT2D eigenvalue weighted by Gasteiger charge is 2.45. The Bertz CT molecular complexity index is 595. The van der Waals surface area contributed by atoms with E-state index in [1.54, 1.807) is 16.2 Å². The van der Waals surface area contributed by atoms with Crippen molar-refractivity contribution < 1.29 is 19.1 Å². The number of cyclic esters (lactones) is 1. The van der Waals surface area contributed by atoms with Crippen LogP contribution in [0.1, 0.15) is 36.4 Å². The second-order valence-corrected chi connectivity index (χ2v) is 7.11. The Balaban J connectivity index is 1.45. The van der Waals surface area contributed by atoms with Crippen molar-refractivity contribution in [1.82, 2.24) is 15.2 Å². The zero-order chi connectivity index (χ0) is 16.4. The summed E-state index contributed by atoms with van der Waals surface area (Å²) in [5.41, 5.74) is 0.484. The molecule has 3 heterocycles. The highest BCUT2D eigenvalue weighted by atomic mass is 32.1. The zero-order valence-electron chi connectivity index (χ0n) is 13.3. The SMILES string of the molecule is Cc1csc([C@@H](C)CNC(=O)N2CCC3(CC2)COC(=O)O3)n1. The lowest BCUT2D eigenvalue weighted by Crippen LogP contribution is -2.51. The highest BCUT2D eigenvalue weighted by molar-refractivity contribution is 7.09. The molecule has 3 rings (SSSR count). The summed E-state index contributed by atoms with van der Waals surface area (Å²) in [7, 11) is 0. The molecule has 1 N–H and O–H groups in total. The monoisotopic (exact) mass is 339 g/mol. The van der Waals surface area contributed by atoms with Gasteiger partial charge < -0.3 is 19.7 Å². The van der Waals surface area contributed by atoms with Gasteiger partial charge in [0.15, 0.2) is 5.60 Å². The molecule has 23 heavy (non-hydrogen) atoms. The minimum Gasteiger partial charge on any atom is -0.430 e. The Morgan fingerprint density at radius 2 is 2.26 bits per heavy atom. The van der Waals surface area contributed by atoms with Crippen molar-refractivity contribution in [3.8, 4) is 0 Å². The topological polar surface area (TPSA) is 80.8 Å². The maximum Gasteiger partial charge on any atom is 0.509 e. The van der Waals surface area contributed by atoms with Crippen molar-refractivity contribution in [2.75, 3.05) is 26.2 Å². The van der Waals surface area contributed by atoms with Crippen LogP contribution in [0.4, 0.5) is 9.59 Å². The first-order valence-electron chi connectivity index (χ1n) is 7.78. The van der Waals surface area contributed by atoms with Gasteiger partial charge in [-0.3, -0.25) is 0 Å². The number of piperidine rings is 1. The number of aromatic nitrogens is 1. The van der Waals surface area contributed by atoms with Crippen LogP contribution in [0.2, 0.25) is 0 Å². The van der Waals surface area contributed by atoms with E-state index in [1.807, 2.05) is 12.3 Å². The van der Waals surface area contributed by atoms with Gasteiger partial charge in [-0.2, -0.15) is 0 Å². The molecule has 2 saturated heterocycles. The summed E-state index contributed by atoms with van der Waals surface area (Å²) in [5, 5.41) is 6.02. The molecule has 2 aliphatic rings. The standard InChI is InChI=1S/C15H21N3O4S/c1-10(12-17-11(2)8-23-12)7-16-13(19)18-5-3-15(4-6-18)9-21-14(20)22-15/h8,10H,3-7,9H2,1-2H3,(H,16,19)/t10-/m0/s1. The zero-order valence-corrected chi connectivity index (χ0v) is 14.1. The van der Waals surface area contributed by atoms with Gasteiger partial charge in [-0.25, -0.2) is 14.6 Å². The number of hydrogen-bond acceptors (Lipinski definition) is 6. The van der Waals surface area contributed by atoms with Crippen molar-refractivity contribution in [2.45, 2.75) is 38.2 Å². The molecule has 0 radical (unpaired) electrons. The number of amides is 2. The number of rotatable bonds is 3. The van der Waals surface area contributed by atoms with E-state index in [9.17, 15) is 9.59 Å². The number of urea groups is 1. The van der Waals surface area contributed by atoms with Crippen LogP contribution in [0.3, 0.4) is 0 Å². The summed E-state index contributed by atoms with van der Waals surface area (Å²) in [4.78, 5) is 29.6. The fourth-order valence-electron chi connectivity index (χ4n) is 2.83. The molecule has 1 spiro atoms. The lowest BCUT2D eigenvalue weighted by molar-refractivity contribution is 0.00936. The second-order valence-electron chi connectivity index (χ2n) is 6.23. The van der Waals surface area contributed by atoms with Gasteiger partial charge in [0.2, 0.25) is 0 Å². The summed E-state index contributed by atoms with van der Waals surface area (Å²) in [6.07, 6.45) is 0.635. The third kappa shape index (κ3) is 3.57. The predicted molar refractivity (Wildman–Crippen MR) is 84.6 cm³/mol. The first-order valence-corrected chi connectivity index (χ1v) is 8.66. The number of nitrogens with zero attached hydrogens (tertiary/aromatic N) is 2. The van der Waals surface area contributed by atoms with E-state index in [0.29, 0.717) is 39.1 Å². The van der Waals surface area contributed by atoms with Crippen molar-refractivity contribution in [1.29, 1.82) is 0 Å². The van der Waals surface area contributed by atoms with Crippen LogP contribution in [-0.2, 0) is 9.47 Å². The number of hydrogen-bond donors (Lipinski definition) is 1. The van der Waals surface area contributed by atoms with Crippen molar-refractivity contribution in [3.63, 3.8) is 0 Å². The molecule has 0 saturated carbocycles. The summed E-state index contributed by atoms with van der Waals surface area (Å²) in [5.74, 6) is 0.193. The lowest BCUT2D eigenvalue weighted by atomic mass is 9.92. The molecular formula is C15H21N3O4S. The molecule has 0 unspecified atom stereocenters.